The predicted octanol–water partition coefficient (Wildman–Crippen LogP) is 2.49. The molecule has 1 heterocycles. The molecule has 0 atom stereocenters. The summed E-state index contributed by atoms with van der Waals surface area (Å²) < 4.78 is 20.4. The van der Waals surface area contributed by atoms with Gasteiger partial charge in [0, 0.05) is 26.3 Å². The third-order valence-electron chi connectivity index (χ3n) is 3.04. The van der Waals surface area contributed by atoms with Crippen LogP contribution in [0.25, 0.3) is 11.0 Å². The van der Waals surface area contributed by atoms with E-state index >= 15 is 0 Å². The van der Waals surface area contributed by atoms with Crippen molar-refractivity contribution in [2.75, 3.05) is 19.5 Å². The van der Waals surface area contributed by atoms with Crippen LogP contribution in [-0.4, -0.2) is 23.3 Å². The zero-order valence-corrected chi connectivity index (χ0v) is 10.7. The Morgan fingerprint density at radius 3 is 2.89 bits per heavy atom. The zero-order valence-electron chi connectivity index (χ0n) is 10.7. The molecule has 0 bridgehead atoms. The maximum atomic E-state index is 13.4. The summed E-state index contributed by atoms with van der Waals surface area (Å²) >= 11 is 0. The highest BCUT2D eigenvalue weighted by Gasteiger charge is 2.10. The van der Waals surface area contributed by atoms with Crippen LogP contribution < -0.4 is 5.73 Å². The summed E-state index contributed by atoms with van der Waals surface area (Å²) in [7, 11) is 1.69. The molecule has 4 nitrogen and oxygen atoms in total. The van der Waals surface area contributed by atoms with Gasteiger partial charge in [0.1, 0.15) is 5.82 Å². The standard InChI is InChI=1S/C13H18FN3O/c1-9-7-12-11(8-10(9)14)16-13(15)17(12)5-3-4-6-18-2/h7-8H,3-6H2,1-2H3,(H2,15,16). The van der Waals surface area contributed by atoms with Gasteiger partial charge in [-0.15, -0.1) is 0 Å². The van der Waals surface area contributed by atoms with E-state index in [1.165, 1.54) is 6.07 Å². The minimum Gasteiger partial charge on any atom is -0.385 e. The molecule has 0 fully saturated rings. The van der Waals surface area contributed by atoms with Gasteiger partial charge in [-0.2, -0.15) is 0 Å². The predicted molar refractivity (Wildman–Crippen MR) is 70.0 cm³/mol. The minimum atomic E-state index is -0.244. The summed E-state index contributed by atoms with van der Waals surface area (Å²) in [5, 5.41) is 0. The Bertz CT molecular complexity index is 551. The van der Waals surface area contributed by atoms with Crippen molar-refractivity contribution in [3.63, 3.8) is 0 Å². The Morgan fingerprint density at radius 1 is 1.39 bits per heavy atom. The van der Waals surface area contributed by atoms with E-state index in [-0.39, 0.29) is 5.82 Å². The fourth-order valence-electron chi connectivity index (χ4n) is 2.02. The minimum absolute atomic E-state index is 0.244. The molecule has 0 spiro atoms. The molecule has 0 aliphatic carbocycles. The highest BCUT2D eigenvalue weighted by molar-refractivity contribution is 5.79. The third kappa shape index (κ3) is 2.46. The molecule has 2 N–H and O–H groups in total. The average Bonchev–Trinajstić information content (AvgIpc) is 2.62. The summed E-state index contributed by atoms with van der Waals surface area (Å²) in [6.45, 7) is 3.25. The Hall–Kier alpha value is -1.62. The Labute approximate surface area is 106 Å². The molecular weight excluding hydrogens is 233 g/mol. The number of halogens is 1. The molecule has 0 radical (unpaired) electrons. The first-order valence-corrected chi connectivity index (χ1v) is 6.04. The summed E-state index contributed by atoms with van der Waals surface area (Å²) in [6, 6.07) is 3.23. The number of hydrogen-bond donors (Lipinski definition) is 1. The number of imidazole rings is 1. The largest absolute Gasteiger partial charge is 0.385 e. The number of aryl methyl sites for hydroxylation is 2. The molecule has 0 saturated carbocycles. The fraction of sp³-hybridized carbons (Fsp3) is 0.462. The Kier molecular flexibility index (Phi) is 3.81. The molecule has 18 heavy (non-hydrogen) atoms. The van der Waals surface area contributed by atoms with Crippen molar-refractivity contribution in [1.82, 2.24) is 9.55 Å². The Balaban J connectivity index is 2.26. The number of rotatable bonds is 5. The topological polar surface area (TPSA) is 53.1 Å². The van der Waals surface area contributed by atoms with Crippen LogP contribution in [0.5, 0.6) is 0 Å². The van der Waals surface area contributed by atoms with Crippen molar-refractivity contribution < 1.29 is 9.13 Å². The molecule has 2 aromatic rings. The van der Waals surface area contributed by atoms with Gasteiger partial charge in [0.15, 0.2) is 0 Å². The van der Waals surface area contributed by atoms with Gasteiger partial charge in [0.2, 0.25) is 5.95 Å². The van der Waals surface area contributed by atoms with Gasteiger partial charge in [-0.25, -0.2) is 9.37 Å². The summed E-state index contributed by atoms with van der Waals surface area (Å²) in [5.74, 6) is 0.193. The average molecular weight is 251 g/mol. The molecule has 0 amide bonds. The van der Waals surface area contributed by atoms with E-state index in [2.05, 4.69) is 4.98 Å². The highest BCUT2D eigenvalue weighted by atomic mass is 19.1. The number of nitrogens with two attached hydrogens (primary N) is 1. The van der Waals surface area contributed by atoms with Gasteiger partial charge >= 0.3 is 0 Å². The van der Waals surface area contributed by atoms with Crippen molar-refractivity contribution in [3.05, 3.63) is 23.5 Å². The van der Waals surface area contributed by atoms with Crippen molar-refractivity contribution >= 4 is 17.0 Å². The van der Waals surface area contributed by atoms with Gasteiger partial charge in [-0.3, -0.25) is 0 Å². The normalized spacial score (nSPS) is 11.3. The third-order valence-corrected chi connectivity index (χ3v) is 3.04. The van der Waals surface area contributed by atoms with Crippen molar-refractivity contribution in [3.8, 4) is 0 Å². The number of nitrogens with zero attached hydrogens (tertiary/aromatic N) is 2. The number of unbranched alkanes of at least 4 members (excludes halogenated alkanes) is 1. The van der Waals surface area contributed by atoms with Crippen molar-refractivity contribution in [1.29, 1.82) is 0 Å². The Morgan fingerprint density at radius 2 is 2.17 bits per heavy atom. The lowest BCUT2D eigenvalue weighted by molar-refractivity contribution is 0.191. The van der Waals surface area contributed by atoms with Crippen molar-refractivity contribution in [2.45, 2.75) is 26.3 Å². The molecule has 1 aromatic carbocycles. The number of benzene rings is 1. The molecule has 0 aliphatic rings. The fourth-order valence-corrected chi connectivity index (χ4v) is 2.02. The number of ether oxygens (including phenoxy) is 1. The number of aromatic nitrogens is 2. The monoisotopic (exact) mass is 251 g/mol. The molecule has 5 heteroatoms. The van der Waals surface area contributed by atoms with Crippen LogP contribution in [0.1, 0.15) is 18.4 Å². The van der Waals surface area contributed by atoms with Crippen LogP contribution in [0.3, 0.4) is 0 Å². The first-order valence-electron chi connectivity index (χ1n) is 6.04. The highest BCUT2D eigenvalue weighted by Crippen LogP contribution is 2.22. The molecule has 0 aliphatic heterocycles. The van der Waals surface area contributed by atoms with Gasteiger partial charge < -0.3 is 15.0 Å². The zero-order chi connectivity index (χ0) is 13.1. The molecule has 0 unspecified atom stereocenters. The van der Waals surface area contributed by atoms with E-state index in [0.29, 0.717) is 17.0 Å². The van der Waals surface area contributed by atoms with Crippen LogP contribution in [0.15, 0.2) is 12.1 Å². The molecule has 2 rings (SSSR count). The van der Waals surface area contributed by atoms with Crippen LogP contribution in [-0.2, 0) is 11.3 Å². The first kappa shape index (κ1) is 12.8. The maximum absolute atomic E-state index is 13.4. The van der Waals surface area contributed by atoms with E-state index in [4.69, 9.17) is 10.5 Å². The number of nitrogen functional groups attached to an aromatic ring is 1. The van der Waals surface area contributed by atoms with E-state index in [1.807, 2.05) is 4.57 Å². The van der Waals surface area contributed by atoms with Crippen LogP contribution in [0.4, 0.5) is 10.3 Å². The SMILES string of the molecule is COCCCCn1c(N)nc2cc(F)c(C)cc21. The van der Waals surface area contributed by atoms with Gasteiger partial charge in [-0.1, -0.05) is 0 Å². The second-order valence-corrected chi connectivity index (χ2v) is 4.41. The maximum Gasteiger partial charge on any atom is 0.201 e. The summed E-state index contributed by atoms with van der Waals surface area (Å²) in [6.07, 6.45) is 1.93. The summed E-state index contributed by atoms with van der Waals surface area (Å²) in [5.41, 5.74) is 7.98. The first-order chi connectivity index (χ1) is 8.63. The number of fused-ring (bicyclic) bond motifs is 1. The number of hydrogen-bond acceptors (Lipinski definition) is 3. The lowest BCUT2D eigenvalue weighted by Gasteiger charge is -2.06. The second kappa shape index (κ2) is 5.35. The molecular formula is C13H18FN3O. The van der Waals surface area contributed by atoms with E-state index < -0.39 is 0 Å². The van der Waals surface area contributed by atoms with Crippen molar-refractivity contribution in [2.24, 2.45) is 0 Å². The number of anilines is 1. The lowest BCUT2D eigenvalue weighted by Crippen LogP contribution is -2.04. The van der Waals surface area contributed by atoms with E-state index in [1.54, 1.807) is 20.1 Å². The van der Waals surface area contributed by atoms with Gasteiger partial charge in [-0.05, 0) is 31.4 Å². The second-order valence-electron chi connectivity index (χ2n) is 4.41. The van der Waals surface area contributed by atoms with Crippen LogP contribution in [0.2, 0.25) is 0 Å². The van der Waals surface area contributed by atoms with E-state index in [0.717, 1.165) is 31.5 Å². The van der Waals surface area contributed by atoms with Gasteiger partial charge in [0.05, 0.1) is 11.0 Å². The number of methoxy groups -OCH3 is 1. The summed E-state index contributed by atoms with van der Waals surface area (Å²) in [4.78, 5) is 4.18. The van der Waals surface area contributed by atoms with Crippen LogP contribution in [0, 0.1) is 12.7 Å². The molecule has 0 saturated heterocycles. The molecule has 98 valence electrons. The van der Waals surface area contributed by atoms with Gasteiger partial charge in [0.25, 0.3) is 0 Å². The quantitative estimate of drug-likeness (QED) is 0.831. The smallest absolute Gasteiger partial charge is 0.201 e. The van der Waals surface area contributed by atoms with Crippen LogP contribution >= 0.6 is 0 Å². The van der Waals surface area contributed by atoms with E-state index in [9.17, 15) is 4.39 Å². The lowest BCUT2D eigenvalue weighted by atomic mass is 10.2. The molecule has 1 aromatic heterocycles.